The Kier molecular flexibility index (Phi) is 32.1. The van der Waals surface area contributed by atoms with Crippen LogP contribution in [0.15, 0.2) is 24.8 Å². The second kappa shape index (κ2) is 37.7. The van der Waals surface area contributed by atoms with Crippen LogP contribution in [-0.4, -0.2) is 265 Å². The maximum Gasteiger partial charge on any atom is 0.434 e. The number of aliphatic hydroxyl groups is 4. The van der Waals surface area contributed by atoms with Crippen LogP contribution >= 0.6 is 0 Å². The number of ether oxygens (including phenoxy) is 12. The number of nitrogens with two attached hydrogens (primary N) is 1. The summed E-state index contributed by atoms with van der Waals surface area (Å²) in [6.07, 6.45) is -14.1. The van der Waals surface area contributed by atoms with Gasteiger partial charge >= 0.3 is 12.4 Å². The third kappa shape index (κ3) is 27.1. The number of nitrogens with one attached hydrogen (secondary N) is 4. The number of rotatable bonds is 41. The molecule has 10 N–H and O–H groups in total. The first-order chi connectivity index (χ1) is 38.3. The molecule has 10 atom stereocenters. The van der Waals surface area contributed by atoms with E-state index in [2.05, 4.69) is 41.2 Å². The van der Waals surface area contributed by atoms with E-state index in [0.29, 0.717) is 25.6 Å². The third-order valence-electron chi connectivity index (χ3n) is 11.5. The Bertz CT molecular complexity index is 2020. The number of methoxy groups -OCH3 is 1. The number of carbonyl (C=O) groups excluding carboxylic acids is 2. The maximum atomic E-state index is 13.0. The van der Waals surface area contributed by atoms with E-state index < -0.39 is 84.6 Å². The number of aliphatic hydroxyl groups excluding tert-OH is 4. The summed E-state index contributed by atoms with van der Waals surface area (Å²) in [5, 5.41) is 52.9. The molecule has 0 saturated carbocycles. The number of alkyl halides is 6. The Balaban J connectivity index is 0.910. The van der Waals surface area contributed by atoms with E-state index >= 15 is 0 Å². The summed E-state index contributed by atoms with van der Waals surface area (Å²) in [6.45, 7) is 2.91. The Labute approximate surface area is 457 Å². The van der Waals surface area contributed by atoms with Crippen molar-refractivity contribution in [1.29, 1.82) is 0 Å². The average molecular weight is 1170 g/mol. The van der Waals surface area contributed by atoms with Crippen LogP contribution in [0.25, 0.3) is 0 Å². The largest absolute Gasteiger partial charge is 0.434 e. The quantitative estimate of drug-likeness (QED) is 0.0265. The maximum absolute atomic E-state index is 13.0. The van der Waals surface area contributed by atoms with Crippen molar-refractivity contribution in [2.24, 2.45) is 5.73 Å². The molecule has 0 aromatic carbocycles. The number of halogens is 6. The first-order valence-corrected chi connectivity index (χ1v) is 25.6. The molecule has 2 unspecified atom stereocenters. The smallest absolute Gasteiger partial charge is 0.388 e. The number of anilines is 2. The van der Waals surface area contributed by atoms with Gasteiger partial charge in [-0.25, -0.2) is 9.97 Å². The van der Waals surface area contributed by atoms with Crippen molar-refractivity contribution in [3.8, 4) is 0 Å². The predicted octanol–water partition coefficient (Wildman–Crippen LogP) is -1.69. The number of carbonyl (C=O) groups is 2. The number of hydrogen-bond acceptors (Lipinski definition) is 25. The topological polar surface area (TPSA) is 352 Å². The van der Waals surface area contributed by atoms with Crippen molar-refractivity contribution in [1.82, 2.24) is 30.6 Å². The molecule has 2 amide bonds. The highest BCUT2D eigenvalue weighted by Crippen LogP contribution is 2.29. The van der Waals surface area contributed by atoms with Gasteiger partial charge in [0.05, 0.1) is 175 Å². The van der Waals surface area contributed by atoms with E-state index in [4.69, 9.17) is 62.6 Å². The molecule has 0 radical (unpaired) electrons. The Morgan fingerprint density at radius 3 is 1.49 bits per heavy atom. The summed E-state index contributed by atoms with van der Waals surface area (Å²) in [6, 6.07) is -2.42. The van der Waals surface area contributed by atoms with Gasteiger partial charge in [0.2, 0.25) is 11.8 Å². The van der Waals surface area contributed by atoms with Crippen LogP contribution in [0.2, 0.25) is 0 Å². The van der Waals surface area contributed by atoms with Crippen molar-refractivity contribution in [3.05, 3.63) is 36.2 Å². The Morgan fingerprint density at radius 1 is 0.575 bits per heavy atom. The van der Waals surface area contributed by atoms with Crippen LogP contribution in [-0.2, 0) is 78.8 Å². The molecule has 458 valence electrons. The van der Waals surface area contributed by atoms with Gasteiger partial charge < -0.3 is 104 Å². The normalized spacial score (nSPS) is 22.4. The summed E-state index contributed by atoms with van der Waals surface area (Å²) in [7, 11) is 1.52. The van der Waals surface area contributed by atoms with Gasteiger partial charge in [-0.05, 0) is 0 Å². The number of hydrogen-bond donors (Lipinski definition) is 9. The van der Waals surface area contributed by atoms with E-state index in [1.165, 1.54) is 7.11 Å². The molecule has 0 bridgehead atoms. The molecule has 80 heavy (non-hydrogen) atoms. The summed E-state index contributed by atoms with van der Waals surface area (Å²) in [5.74, 6) is -1.02. The summed E-state index contributed by atoms with van der Waals surface area (Å²) in [4.78, 5) is 38.4. The zero-order chi connectivity index (χ0) is 58.2. The molecule has 2 fully saturated rings. The van der Waals surface area contributed by atoms with E-state index in [1.807, 2.05) is 0 Å². The lowest BCUT2D eigenvalue weighted by molar-refractivity contribution is -0.165. The average Bonchev–Trinajstić information content (AvgIpc) is 3.47. The van der Waals surface area contributed by atoms with Gasteiger partial charge in [-0.1, -0.05) is 0 Å². The van der Waals surface area contributed by atoms with Gasteiger partial charge in [0.1, 0.15) is 54.4 Å². The zero-order valence-electron chi connectivity index (χ0n) is 44.2. The number of amides is 2. The molecule has 2 aromatic rings. The molecule has 4 heterocycles. The fourth-order valence-electron chi connectivity index (χ4n) is 7.22. The van der Waals surface area contributed by atoms with Gasteiger partial charge in [0, 0.05) is 33.0 Å². The van der Waals surface area contributed by atoms with E-state index in [9.17, 15) is 56.4 Å². The molecular formula is C47H75F6N9O18. The lowest BCUT2D eigenvalue weighted by atomic mass is 9.98. The molecular weight excluding hydrogens is 1090 g/mol. The fourth-order valence-corrected chi connectivity index (χ4v) is 7.22. The SMILES string of the molecule is COCCOCC(COC[C@H]1OC[C@H](Nc2cncc(C(F)(F)F)n2)[C@@H](O)[C@H]1O)OCCNC(=O)CCOCC(N)COCCC(=O)NCCOCCOCCOCCOC[C@H]1OC[C@H](Nc2cncc(C(F)(F)F)n2)[C@@H](O)[C@H]1O. The Morgan fingerprint density at radius 2 is 1.00 bits per heavy atom. The lowest BCUT2D eigenvalue weighted by Gasteiger charge is -2.38. The minimum Gasteiger partial charge on any atom is -0.388 e. The van der Waals surface area contributed by atoms with Crippen molar-refractivity contribution in [3.63, 3.8) is 0 Å². The highest BCUT2D eigenvalue weighted by molar-refractivity contribution is 5.76. The third-order valence-corrected chi connectivity index (χ3v) is 11.5. The van der Waals surface area contributed by atoms with E-state index in [1.54, 1.807) is 0 Å². The monoisotopic (exact) mass is 1170 g/mol. The minimum atomic E-state index is -4.72. The highest BCUT2D eigenvalue weighted by Gasteiger charge is 2.41. The van der Waals surface area contributed by atoms with Gasteiger partial charge in [-0.2, -0.15) is 26.3 Å². The highest BCUT2D eigenvalue weighted by atomic mass is 19.4. The first kappa shape index (κ1) is 68.1. The van der Waals surface area contributed by atoms with Gasteiger partial charge in [-0.15, -0.1) is 0 Å². The molecule has 2 aromatic heterocycles. The van der Waals surface area contributed by atoms with Gasteiger partial charge in [0.25, 0.3) is 0 Å². The van der Waals surface area contributed by atoms with Crippen molar-refractivity contribution < 1.29 is 113 Å². The van der Waals surface area contributed by atoms with Gasteiger partial charge in [-0.3, -0.25) is 19.6 Å². The number of nitrogens with zero attached hydrogens (tertiary/aromatic N) is 4. The standard InChI is InChI=1S/C47H75F6N9O18/c1-69-10-11-75-24-31(25-77-29-35-45(68)43(66)33(27-80-35)60-39-21-56-19-37(62-39)47(51,52)53)78-9-5-58-41(64)3-7-74-23-30(54)22-73-6-2-40(63)57-4-8-70-12-13-71-14-15-72-16-17-76-28-34-44(67)42(65)32(26-79-34)59-38-20-55-18-36(61-38)46(48,49)50/h18-21,30-35,42-45,65-68H,2-17,22-29,54H2,1H3,(H,57,63)(H,58,64)(H,59,61)(H,60,62)/t30?,31?,32-,33-,34+,35+,42+,43+,44-,45-/m0/s1. The van der Waals surface area contributed by atoms with Crippen LogP contribution < -0.4 is 27.0 Å². The summed E-state index contributed by atoms with van der Waals surface area (Å²) < 4.78 is 144. The molecule has 33 heteroatoms. The predicted molar refractivity (Wildman–Crippen MR) is 264 cm³/mol. The molecule has 2 aliphatic rings. The fraction of sp³-hybridized carbons (Fsp3) is 0.787. The van der Waals surface area contributed by atoms with Crippen LogP contribution in [0.1, 0.15) is 24.2 Å². The molecule has 2 aliphatic heterocycles. The van der Waals surface area contributed by atoms with Crippen LogP contribution in [0.5, 0.6) is 0 Å². The van der Waals surface area contributed by atoms with E-state index in [0.717, 1.165) is 12.4 Å². The molecule has 0 spiro atoms. The summed E-state index contributed by atoms with van der Waals surface area (Å²) >= 11 is 0. The van der Waals surface area contributed by atoms with E-state index in [-0.39, 0.29) is 168 Å². The van der Waals surface area contributed by atoms with Crippen molar-refractivity contribution >= 4 is 23.5 Å². The second-order valence-electron chi connectivity index (χ2n) is 17.9. The molecule has 27 nitrogen and oxygen atoms in total. The Hall–Kier alpha value is -4.40. The van der Waals surface area contributed by atoms with Crippen LogP contribution in [0, 0.1) is 0 Å². The molecule has 0 aliphatic carbocycles. The van der Waals surface area contributed by atoms with Crippen molar-refractivity contribution in [2.45, 2.75) is 86.0 Å². The van der Waals surface area contributed by atoms with Crippen LogP contribution in [0.4, 0.5) is 38.0 Å². The van der Waals surface area contributed by atoms with Crippen LogP contribution in [0.3, 0.4) is 0 Å². The minimum absolute atomic E-state index is 0.0130. The number of aromatic nitrogens is 4. The second-order valence-corrected chi connectivity index (χ2v) is 17.9. The zero-order valence-corrected chi connectivity index (χ0v) is 44.2. The van der Waals surface area contributed by atoms with Crippen molar-refractivity contribution in [2.75, 3.05) is 163 Å². The first-order valence-electron chi connectivity index (χ1n) is 25.6. The lowest BCUT2D eigenvalue weighted by Crippen LogP contribution is -2.57. The molecule has 2 saturated heterocycles. The van der Waals surface area contributed by atoms with Gasteiger partial charge in [0.15, 0.2) is 11.4 Å². The molecule has 4 rings (SSSR count). The summed E-state index contributed by atoms with van der Waals surface area (Å²) in [5.41, 5.74) is 3.60.